The highest BCUT2D eigenvalue weighted by atomic mass is 15.0. The molecule has 31 heavy (non-hydrogen) atoms. The van der Waals surface area contributed by atoms with E-state index in [1.54, 1.807) is 6.33 Å². The van der Waals surface area contributed by atoms with Gasteiger partial charge in [-0.05, 0) is 39.1 Å². The van der Waals surface area contributed by atoms with Crippen molar-refractivity contribution in [2.24, 2.45) is 0 Å². The zero-order valence-electron chi connectivity index (χ0n) is 17.5. The molecule has 1 aliphatic carbocycles. The smallest absolute Gasteiger partial charge is 0.163 e. The Hall–Kier alpha value is -3.85. The van der Waals surface area contributed by atoms with E-state index in [0.717, 1.165) is 16.5 Å². The van der Waals surface area contributed by atoms with Gasteiger partial charge in [0.25, 0.3) is 0 Å². The molecule has 1 heterocycles. The summed E-state index contributed by atoms with van der Waals surface area (Å²) < 4.78 is 0. The van der Waals surface area contributed by atoms with E-state index < -0.39 is 0 Å². The van der Waals surface area contributed by atoms with Gasteiger partial charge in [-0.15, -0.1) is 0 Å². The third kappa shape index (κ3) is 2.70. The SMILES string of the molecule is CC1(C)c2ccccc2-c2ccc(-c3ncnc(-c4cccc5ccccc45)n3)cc21. The summed E-state index contributed by atoms with van der Waals surface area (Å²) in [5.41, 5.74) is 7.30. The van der Waals surface area contributed by atoms with Crippen LogP contribution < -0.4 is 0 Å². The number of benzene rings is 4. The molecule has 3 heteroatoms. The average molecular weight is 399 g/mol. The lowest BCUT2D eigenvalue weighted by Gasteiger charge is -2.21. The van der Waals surface area contributed by atoms with Gasteiger partial charge < -0.3 is 0 Å². The van der Waals surface area contributed by atoms with Crippen molar-refractivity contribution in [1.29, 1.82) is 0 Å². The molecule has 0 fully saturated rings. The van der Waals surface area contributed by atoms with Gasteiger partial charge in [0, 0.05) is 16.5 Å². The van der Waals surface area contributed by atoms with Crippen molar-refractivity contribution >= 4 is 10.8 Å². The fraction of sp³-hybridized carbons (Fsp3) is 0.107. The molecule has 4 aromatic carbocycles. The number of fused-ring (bicyclic) bond motifs is 4. The number of hydrogen-bond acceptors (Lipinski definition) is 3. The number of nitrogens with zero attached hydrogens (tertiary/aromatic N) is 3. The van der Waals surface area contributed by atoms with E-state index in [1.807, 2.05) is 6.07 Å². The van der Waals surface area contributed by atoms with Crippen molar-refractivity contribution in [3.63, 3.8) is 0 Å². The van der Waals surface area contributed by atoms with E-state index in [9.17, 15) is 0 Å². The first-order valence-corrected chi connectivity index (χ1v) is 10.5. The molecule has 0 amide bonds. The molecule has 0 N–H and O–H groups in total. The van der Waals surface area contributed by atoms with Crippen LogP contribution in [-0.4, -0.2) is 15.0 Å². The minimum Gasteiger partial charge on any atom is -0.217 e. The van der Waals surface area contributed by atoms with E-state index in [-0.39, 0.29) is 5.41 Å². The Morgan fingerprint density at radius 2 is 1.32 bits per heavy atom. The van der Waals surface area contributed by atoms with Gasteiger partial charge in [0.15, 0.2) is 11.6 Å². The zero-order valence-corrected chi connectivity index (χ0v) is 17.5. The van der Waals surface area contributed by atoms with Crippen LogP contribution in [0.2, 0.25) is 0 Å². The molecule has 5 aromatic rings. The minimum absolute atomic E-state index is 0.0482. The van der Waals surface area contributed by atoms with Crippen molar-refractivity contribution in [1.82, 2.24) is 15.0 Å². The highest BCUT2D eigenvalue weighted by molar-refractivity contribution is 5.95. The zero-order chi connectivity index (χ0) is 21.0. The highest BCUT2D eigenvalue weighted by Crippen LogP contribution is 2.49. The van der Waals surface area contributed by atoms with E-state index in [4.69, 9.17) is 4.98 Å². The van der Waals surface area contributed by atoms with Gasteiger partial charge in [-0.25, -0.2) is 15.0 Å². The molecule has 0 saturated heterocycles. The summed E-state index contributed by atoms with van der Waals surface area (Å²) in [5.74, 6) is 1.40. The molecule has 6 rings (SSSR count). The fourth-order valence-corrected chi connectivity index (χ4v) is 4.83. The summed E-state index contributed by atoms with van der Waals surface area (Å²) in [7, 11) is 0. The van der Waals surface area contributed by atoms with Gasteiger partial charge in [-0.3, -0.25) is 0 Å². The lowest BCUT2D eigenvalue weighted by atomic mass is 9.82. The molecule has 0 radical (unpaired) electrons. The standard InChI is InChI=1S/C28H21N3/c1-28(2)24-13-6-5-11-21(24)22-15-14-19(16-25(22)28)26-29-17-30-27(31-26)23-12-7-9-18-8-3-4-10-20(18)23/h3-17H,1-2H3. The molecule has 3 nitrogen and oxygen atoms in total. The van der Waals surface area contributed by atoms with Crippen molar-refractivity contribution in [3.05, 3.63) is 102 Å². The van der Waals surface area contributed by atoms with Gasteiger partial charge in [-0.2, -0.15) is 0 Å². The number of aromatic nitrogens is 3. The Balaban J connectivity index is 1.48. The maximum atomic E-state index is 4.86. The molecule has 148 valence electrons. The van der Waals surface area contributed by atoms with Crippen LogP contribution in [0.3, 0.4) is 0 Å². The predicted octanol–water partition coefficient (Wildman–Crippen LogP) is 6.67. The first kappa shape index (κ1) is 18.0. The quantitative estimate of drug-likeness (QED) is 0.333. The van der Waals surface area contributed by atoms with Crippen molar-refractivity contribution < 1.29 is 0 Å². The minimum atomic E-state index is -0.0482. The van der Waals surface area contributed by atoms with E-state index in [1.165, 1.54) is 27.6 Å². The molecule has 0 bridgehead atoms. The maximum Gasteiger partial charge on any atom is 0.163 e. The summed E-state index contributed by atoms with van der Waals surface area (Å²) in [5, 5.41) is 2.33. The second-order valence-electron chi connectivity index (χ2n) is 8.59. The van der Waals surface area contributed by atoms with Crippen LogP contribution in [0.5, 0.6) is 0 Å². The fourth-order valence-electron chi connectivity index (χ4n) is 4.83. The van der Waals surface area contributed by atoms with Crippen molar-refractivity contribution in [2.45, 2.75) is 19.3 Å². The second kappa shape index (κ2) is 6.58. The maximum absolute atomic E-state index is 4.86. The van der Waals surface area contributed by atoms with Gasteiger partial charge in [0.05, 0.1) is 0 Å². The summed E-state index contributed by atoms with van der Waals surface area (Å²) in [6.45, 7) is 4.58. The first-order valence-electron chi connectivity index (χ1n) is 10.5. The highest BCUT2D eigenvalue weighted by Gasteiger charge is 2.35. The lowest BCUT2D eigenvalue weighted by Crippen LogP contribution is -2.15. The predicted molar refractivity (Wildman–Crippen MR) is 126 cm³/mol. The molecule has 0 saturated carbocycles. The van der Waals surface area contributed by atoms with Gasteiger partial charge in [0.1, 0.15) is 6.33 Å². The van der Waals surface area contributed by atoms with E-state index >= 15 is 0 Å². The van der Waals surface area contributed by atoms with E-state index in [0.29, 0.717) is 11.6 Å². The molecular formula is C28H21N3. The van der Waals surface area contributed by atoms with Gasteiger partial charge in [0.2, 0.25) is 0 Å². The topological polar surface area (TPSA) is 38.7 Å². The third-order valence-electron chi connectivity index (χ3n) is 6.44. The average Bonchev–Trinajstić information content (AvgIpc) is 3.05. The summed E-state index contributed by atoms with van der Waals surface area (Å²) >= 11 is 0. The summed E-state index contributed by atoms with van der Waals surface area (Å²) in [6, 6.07) is 29.8. The van der Waals surface area contributed by atoms with Crippen molar-refractivity contribution in [3.8, 4) is 33.9 Å². The van der Waals surface area contributed by atoms with Crippen LogP contribution in [0.25, 0.3) is 44.7 Å². The molecule has 1 aromatic heterocycles. The van der Waals surface area contributed by atoms with Crippen LogP contribution in [0.15, 0.2) is 91.3 Å². The molecule has 0 spiro atoms. The monoisotopic (exact) mass is 399 g/mol. The van der Waals surface area contributed by atoms with Crippen LogP contribution in [0.1, 0.15) is 25.0 Å². The molecule has 0 aliphatic heterocycles. The third-order valence-corrected chi connectivity index (χ3v) is 6.44. The molecular weight excluding hydrogens is 378 g/mol. The molecule has 0 unspecified atom stereocenters. The van der Waals surface area contributed by atoms with Crippen LogP contribution in [0.4, 0.5) is 0 Å². The Morgan fingerprint density at radius 1 is 0.613 bits per heavy atom. The van der Waals surface area contributed by atoms with Crippen molar-refractivity contribution in [2.75, 3.05) is 0 Å². The molecule has 0 atom stereocenters. The lowest BCUT2D eigenvalue weighted by molar-refractivity contribution is 0.660. The van der Waals surface area contributed by atoms with Gasteiger partial charge in [-0.1, -0.05) is 92.7 Å². The normalized spacial score (nSPS) is 13.7. The number of rotatable bonds is 2. The van der Waals surface area contributed by atoms with Crippen LogP contribution in [-0.2, 0) is 5.41 Å². The Morgan fingerprint density at radius 3 is 2.26 bits per heavy atom. The van der Waals surface area contributed by atoms with Gasteiger partial charge >= 0.3 is 0 Å². The van der Waals surface area contributed by atoms with Crippen LogP contribution >= 0.6 is 0 Å². The Kier molecular flexibility index (Phi) is 3.81. The summed E-state index contributed by atoms with van der Waals surface area (Å²) in [4.78, 5) is 13.9. The Bertz CT molecular complexity index is 1460. The van der Waals surface area contributed by atoms with E-state index in [2.05, 4.69) is 103 Å². The van der Waals surface area contributed by atoms with Crippen LogP contribution in [0, 0.1) is 0 Å². The molecule has 1 aliphatic rings. The number of hydrogen-bond donors (Lipinski definition) is 0. The largest absolute Gasteiger partial charge is 0.217 e. The first-order chi connectivity index (χ1) is 15.1. The summed E-state index contributed by atoms with van der Waals surface area (Å²) in [6.07, 6.45) is 1.62. The second-order valence-corrected chi connectivity index (χ2v) is 8.59. The Labute approximate surface area is 181 Å².